The number of aromatic nitrogens is 1. The van der Waals surface area contributed by atoms with Gasteiger partial charge in [0.05, 0.1) is 9.26 Å². The van der Waals surface area contributed by atoms with Crippen molar-refractivity contribution < 1.29 is 9.90 Å². The van der Waals surface area contributed by atoms with Crippen molar-refractivity contribution in [1.29, 1.82) is 0 Å². The van der Waals surface area contributed by atoms with E-state index in [2.05, 4.69) is 64.5 Å². The zero-order valence-corrected chi connectivity index (χ0v) is 20.0. The molecule has 1 N–H and O–H groups in total. The number of nitrogens with zero attached hydrogens (tertiary/aromatic N) is 3. The molecular formula is C23H30IN3O2. The van der Waals surface area contributed by atoms with Gasteiger partial charge in [0.2, 0.25) is 0 Å². The Morgan fingerprint density at radius 2 is 1.72 bits per heavy atom. The number of amides is 1. The molecule has 0 bridgehead atoms. The fraction of sp³-hybridized carbons (Fsp3) is 0.478. The van der Waals surface area contributed by atoms with Crippen molar-refractivity contribution in [3.05, 3.63) is 45.3 Å². The molecule has 5 nitrogen and oxygen atoms in total. The zero-order chi connectivity index (χ0) is 21.3. The number of aryl methyl sites for hydroxylation is 2. The van der Waals surface area contributed by atoms with Crippen LogP contribution in [0.4, 0.5) is 10.5 Å². The highest BCUT2D eigenvalue weighted by Crippen LogP contribution is 2.37. The summed E-state index contributed by atoms with van der Waals surface area (Å²) < 4.78 is 1.13. The van der Waals surface area contributed by atoms with E-state index in [0.717, 1.165) is 35.1 Å². The van der Waals surface area contributed by atoms with Crippen LogP contribution >= 0.6 is 22.6 Å². The van der Waals surface area contributed by atoms with Gasteiger partial charge in [0.25, 0.3) is 0 Å². The lowest BCUT2D eigenvalue weighted by Crippen LogP contribution is -2.54. The molecule has 0 saturated carbocycles. The normalized spacial score (nSPS) is 15.4. The van der Waals surface area contributed by atoms with Crippen LogP contribution in [0.15, 0.2) is 30.6 Å². The Morgan fingerprint density at radius 1 is 1.14 bits per heavy atom. The van der Waals surface area contributed by atoms with Gasteiger partial charge in [-0.3, -0.25) is 4.98 Å². The van der Waals surface area contributed by atoms with Gasteiger partial charge in [-0.1, -0.05) is 29.3 Å². The number of hydrogen-bond acceptors (Lipinski definition) is 3. The molecule has 0 radical (unpaired) electrons. The number of carboxylic acid groups (broad SMARTS) is 1. The molecule has 1 fully saturated rings. The maximum Gasteiger partial charge on any atom is 0.407 e. The van der Waals surface area contributed by atoms with E-state index >= 15 is 0 Å². The minimum absolute atomic E-state index is 0.0490. The summed E-state index contributed by atoms with van der Waals surface area (Å²) in [7, 11) is 0. The van der Waals surface area contributed by atoms with E-state index in [-0.39, 0.29) is 6.04 Å². The molecule has 1 aliphatic heterocycles. The smallest absolute Gasteiger partial charge is 0.407 e. The molecule has 6 heteroatoms. The van der Waals surface area contributed by atoms with E-state index in [1.165, 1.54) is 22.4 Å². The van der Waals surface area contributed by atoms with Crippen molar-refractivity contribution in [2.24, 2.45) is 0 Å². The van der Waals surface area contributed by atoms with Gasteiger partial charge in [-0.15, -0.1) is 0 Å². The standard InChI is InChI=1S/C23H30IN3O2/c1-15-10-16(2)12-17(11-15)19-13-25-14-20(24)21(19)26-8-6-18(7-9-26)27(22(28)29)23(3,4)5/h10-14,18H,6-9H2,1-5H3,(H,28,29). The van der Waals surface area contributed by atoms with Gasteiger partial charge < -0.3 is 14.9 Å². The lowest BCUT2D eigenvalue weighted by Gasteiger charge is -2.44. The molecule has 1 aromatic heterocycles. The molecule has 0 spiro atoms. The number of piperidine rings is 1. The molecule has 0 atom stereocenters. The highest BCUT2D eigenvalue weighted by atomic mass is 127. The summed E-state index contributed by atoms with van der Waals surface area (Å²) in [5.74, 6) is 0. The third-order valence-corrected chi connectivity index (χ3v) is 6.27. The van der Waals surface area contributed by atoms with Gasteiger partial charge in [-0.05, 0) is 75.6 Å². The first-order valence-electron chi connectivity index (χ1n) is 10.1. The van der Waals surface area contributed by atoms with Crippen LogP contribution in [0.3, 0.4) is 0 Å². The van der Waals surface area contributed by atoms with Crippen LogP contribution in [0, 0.1) is 17.4 Å². The van der Waals surface area contributed by atoms with Crippen molar-refractivity contribution in [1.82, 2.24) is 9.88 Å². The fourth-order valence-corrected chi connectivity index (χ4v) is 5.22. The van der Waals surface area contributed by atoms with E-state index in [0.29, 0.717) is 0 Å². The van der Waals surface area contributed by atoms with Crippen LogP contribution in [-0.4, -0.2) is 45.8 Å². The predicted molar refractivity (Wildman–Crippen MR) is 127 cm³/mol. The van der Waals surface area contributed by atoms with Crippen molar-refractivity contribution in [3.63, 3.8) is 0 Å². The molecule has 1 aliphatic rings. The molecule has 1 aromatic carbocycles. The van der Waals surface area contributed by atoms with Crippen LogP contribution in [0.2, 0.25) is 0 Å². The number of anilines is 1. The molecular weight excluding hydrogens is 477 g/mol. The molecule has 156 valence electrons. The SMILES string of the molecule is Cc1cc(C)cc(-c2cncc(I)c2N2CCC(N(C(=O)O)C(C)(C)C)CC2)c1. The second-order valence-electron chi connectivity index (χ2n) is 8.94. The molecule has 3 rings (SSSR count). The van der Waals surface area contributed by atoms with E-state index in [1.54, 1.807) is 4.90 Å². The second-order valence-corrected chi connectivity index (χ2v) is 10.1. The number of rotatable bonds is 3. The first-order valence-corrected chi connectivity index (χ1v) is 11.1. The quantitative estimate of drug-likeness (QED) is 0.541. The Morgan fingerprint density at radius 3 is 2.24 bits per heavy atom. The molecule has 0 aliphatic carbocycles. The van der Waals surface area contributed by atoms with E-state index < -0.39 is 11.6 Å². The van der Waals surface area contributed by atoms with E-state index in [9.17, 15) is 9.90 Å². The van der Waals surface area contributed by atoms with E-state index in [1.807, 2.05) is 33.2 Å². The monoisotopic (exact) mass is 507 g/mol. The Kier molecular flexibility index (Phi) is 6.41. The third kappa shape index (κ3) is 4.85. The Balaban J connectivity index is 1.89. The minimum Gasteiger partial charge on any atom is -0.465 e. The highest BCUT2D eigenvalue weighted by Gasteiger charge is 2.35. The van der Waals surface area contributed by atoms with Crippen molar-refractivity contribution in [2.75, 3.05) is 18.0 Å². The summed E-state index contributed by atoms with van der Waals surface area (Å²) in [4.78, 5) is 20.3. The summed E-state index contributed by atoms with van der Waals surface area (Å²) >= 11 is 2.37. The summed E-state index contributed by atoms with van der Waals surface area (Å²) in [5.41, 5.74) is 5.63. The molecule has 29 heavy (non-hydrogen) atoms. The summed E-state index contributed by atoms with van der Waals surface area (Å²) in [5, 5.41) is 9.74. The fourth-order valence-electron chi connectivity index (χ4n) is 4.43. The second kappa shape index (κ2) is 8.50. The first-order chi connectivity index (χ1) is 13.6. The molecule has 2 aromatic rings. The largest absolute Gasteiger partial charge is 0.465 e. The summed E-state index contributed by atoms with van der Waals surface area (Å²) in [6.45, 7) is 11.8. The minimum atomic E-state index is -0.828. The number of carbonyl (C=O) groups is 1. The zero-order valence-electron chi connectivity index (χ0n) is 17.9. The molecule has 1 amide bonds. The average molecular weight is 507 g/mol. The Bertz CT molecular complexity index is 879. The molecule has 0 unspecified atom stereocenters. The summed E-state index contributed by atoms with van der Waals surface area (Å²) in [6.07, 6.45) is 4.69. The van der Waals surface area contributed by atoms with Crippen molar-refractivity contribution in [3.8, 4) is 11.1 Å². The molecule has 2 heterocycles. The van der Waals surface area contributed by atoms with Crippen LogP contribution in [0.1, 0.15) is 44.7 Å². The van der Waals surface area contributed by atoms with Gasteiger partial charge in [-0.2, -0.15) is 0 Å². The first kappa shape index (κ1) is 21.9. The van der Waals surface area contributed by atoms with Crippen LogP contribution in [0.25, 0.3) is 11.1 Å². The lowest BCUT2D eigenvalue weighted by atomic mass is 9.95. The van der Waals surface area contributed by atoms with Gasteiger partial charge in [0.15, 0.2) is 0 Å². The maximum atomic E-state index is 11.9. The predicted octanol–water partition coefficient (Wildman–Crippen LogP) is 5.72. The van der Waals surface area contributed by atoms with Gasteiger partial charge >= 0.3 is 6.09 Å². The number of benzene rings is 1. The van der Waals surface area contributed by atoms with Crippen LogP contribution in [-0.2, 0) is 0 Å². The van der Waals surface area contributed by atoms with Gasteiger partial charge in [0, 0.05) is 42.6 Å². The van der Waals surface area contributed by atoms with Crippen LogP contribution < -0.4 is 4.90 Å². The lowest BCUT2D eigenvalue weighted by molar-refractivity contribution is 0.0616. The highest BCUT2D eigenvalue weighted by molar-refractivity contribution is 14.1. The van der Waals surface area contributed by atoms with Crippen molar-refractivity contribution >= 4 is 34.4 Å². The molecule has 1 saturated heterocycles. The third-order valence-electron chi connectivity index (χ3n) is 5.48. The Hall–Kier alpha value is -1.83. The number of pyridine rings is 1. The van der Waals surface area contributed by atoms with Gasteiger partial charge in [-0.25, -0.2) is 4.79 Å². The number of hydrogen-bond donors (Lipinski definition) is 1. The number of halogens is 1. The Labute approximate surface area is 187 Å². The van der Waals surface area contributed by atoms with Gasteiger partial charge in [0.1, 0.15) is 0 Å². The van der Waals surface area contributed by atoms with Crippen LogP contribution in [0.5, 0.6) is 0 Å². The average Bonchev–Trinajstić information content (AvgIpc) is 2.60. The maximum absolute atomic E-state index is 11.9. The summed E-state index contributed by atoms with van der Waals surface area (Å²) in [6, 6.07) is 6.65. The topological polar surface area (TPSA) is 56.7 Å². The van der Waals surface area contributed by atoms with Crippen molar-refractivity contribution in [2.45, 2.75) is 59.0 Å². The van der Waals surface area contributed by atoms with E-state index in [4.69, 9.17) is 0 Å².